The van der Waals surface area contributed by atoms with Crippen molar-refractivity contribution in [3.05, 3.63) is 17.7 Å². The summed E-state index contributed by atoms with van der Waals surface area (Å²) in [5, 5.41) is 0. The number of halogens is 3. The molecule has 0 radical (unpaired) electrons. The minimum Gasteiger partial charge on any atom is -0.334 e. The van der Waals surface area contributed by atoms with E-state index in [1.54, 1.807) is 11.5 Å². The predicted octanol–water partition coefficient (Wildman–Crippen LogP) is 3.26. The first kappa shape index (κ1) is 12.1. The maximum atomic E-state index is 12.3. The Morgan fingerprint density at radius 1 is 1.27 bits per heavy atom. The SMILES string of the molecule is Cc1nc(C(F)(F)F)cn1CC(C)(C)C. The summed E-state index contributed by atoms with van der Waals surface area (Å²) in [6, 6.07) is 0. The molecule has 1 rings (SSSR count). The zero-order valence-electron chi connectivity index (χ0n) is 9.31. The summed E-state index contributed by atoms with van der Waals surface area (Å²) in [7, 11) is 0. The van der Waals surface area contributed by atoms with Crippen molar-refractivity contribution in [1.29, 1.82) is 0 Å². The van der Waals surface area contributed by atoms with E-state index in [9.17, 15) is 13.2 Å². The lowest BCUT2D eigenvalue weighted by Gasteiger charge is -2.19. The third-order valence-electron chi connectivity index (χ3n) is 1.91. The molecule has 0 saturated heterocycles. The summed E-state index contributed by atoms with van der Waals surface area (Å²) >= 11 is 0. The molecule has 0 fully saturated rings. The van der Waals surface area contributed by atoms with Gasteiger partial charge in [-0.25, -0.2) is 4.98 Å². The van der Waals surface area contributed by atoms with Gasteiger partial charge >= 0.3 is 6.18 Å². The maximum Gasteiger partial charge on any atom is 0.434 e. The first-order valence-corrected chi connectivity index (χ1v) is 4.70. The van der Waals surface area contributed by atoms with E-state index in [1.165, 1.54) is 0 Å². The molecular weight excluding hydrogens is 205 g/mol. The van der Waals surface area contributed by atoms with Crippen molar-refractivity contribution >= 4 is 0 Å². The lowest BCUT2D eigenvalue weighted by atomic mass is 9.97. The molecule has 0 aliphatic carbocycles. The standard InChI is InChI=1S/C10H15F3N2/c1-7-14-8(10(11,12)13)5-15(7)6-9(2,3)4/h5H,6H2,1-4H3. The van der Waals surface area contributed by atoms with Gasteiger partial charge in [-0.05, 0) is 12.3 Å². The molecule has 0 aliphatic rings. The summed E-state index contributed by atoms with van der Waals surface area (Å²) < 4.78 is 38.6. The van der Waals surface area contributed by atoms with E-state index in [-0.39, 0.29) is 5.41 Å². The summed E-state index contributed by atoms with van der Waals surface area (Å²) in [6.07, 6.45) is -3.28. The van der Waals surface area contributed by atoms with Crippen molar-refractivity contribution in [2.24, 2.45) is 5.41 Å². The first-order valence-electron chi connectivity index (χ1n) is 4.70. The average Bonchev–Trinajstić information content (AvgIpc) is 2.27. The average molecular weight is 220 g/mol. The van der Waals surface area contributed by atoms with Gasteiger partial charge in [0, 0.05) is 12.7 Å². The third kappa shape index (κ3) is 3.25. The van der Waals surface area contributed by atoms with Gasteiger partial charge in [0.05, 0.1) is 0 Å². The minimum absolute atomic E-state index is 0.0612. The van der Waals surface area contributed by atoms with Crippen molar-refractivity contribution in [2.45, 2.75) is 40.4 Å². The van der Waals surface area contributed by atoms with Gasteiger partial charge in [0.2, 0.25) is 0 Å². The second kappa shape index (κ2) is 3.54. The Morgan fingerprint density at radius 2 is 1.80 bits per heavy atom. The Labute approximate surface area is 87.1 Å². The van der Waals surface area contributed by atoms with Gasteiger partial charge in [0.25, 0.3) is 0 Å². The third-order valence-corrected chi connectivity index (χ3v) is 1.91. The number of imidazole rings is 1. The lowest BCUT2D eigenvalue weighted by molar-refractivity contribution is -0.141. The Morgan fingerprint density at radius 3 is 2.13 bits per heavy atom. The number of aryl methyl sites for hydroxylation is 1. The second-order valence-corrected chi connectivity index (χ2v) is 4.86. The van der Waals surface area contributed by atoms with Gasteiger partial charge in [-0.2, -0.15) is 13.2 Å². The van der Waals surface area contributed by atoms with E-state index < -0.39 is 11.9 Å². The number of hydrogen-bond acceptors (Lipinski definition) is 1. The molecule has 0 spiro atoms. The van der Waals surface area contributed by atoms with Crippen molar-refractivity contribution in [1.82, 2.24) is 9.55 Å². The Hall–Kier alpha value is -1.00. The van der Waals surface area contributed by atoms with E-state index >= 15 is 0 Å². The molecule has 0 N–H and O–H groups in total. The number of rotatable bonds is 1. The van der Waals surface area contributed by atoms with Crippen LogP contribution in [0, 0.1) is 12.3 Å². The molecule has 0 aliphatic heterocycles. The summed E-state index contributed by atoms with van der Waals surface area (Å²) in [6.45, 7) is 8.03. The topological polar surface area (TPSA) is 17.8 Å². The monoisotopic (exact) mass is 220 g/mol. The van der Waals surface area contributed by atoms with Gasteiger partial charge < -0.3 is 4.57 Å². The smallest absolute Gasteiger partial charge is 0.334 e. The van der Waals surface area contributed by atoms with Gasteiger partial charge in [-0.1, -0.05) is 20.8 Å². The van der Waals surface area contributed by atoms with Crippen molar-refractivity contribution in [2.75, 3.05) is 0 Å². The largest absolute Gasteiger partial charge is 0.434 e. The van der Waals surface area contributed by atoms with E-state index in [2.05, 4.69) is 4.98 Å². The Kier molecular flexibility index (Phi) is 2.85. The molecule has 2 nitrogen and oxygen atoms in total. The number of alkyl halides is 3. The van der Waals surface area contributed by atoms with Gasteiger partial charge in [-0.3, -0.25) is 0 Å². The van der Waals surface area contributed by atoms with E-state index in [4.69, 9.17) is 0 Å². The Balaban J connectivity index is 2.97. The van der Waals surface area contributed by atoms with Crippen LogP contribution in [0.5, 0.6) is 0 Å². The molecule has 0 unspecified atom stereocenters. The van der Waals surface area contributed by atoms with E-state index in [0.29, 0.717) is 12.4 Å². The molecule has 0 aromatic carbocycles. The quantitative estimate of drug-likeness (QED) is 0.710. The molecule has 1 aromatic heterocycles. The van der Waals surface area contributed by atoms with Gasteiger partial charge in [0.1, 0.15) is 5.82 Å². The minimum atomic E-state index is -4.35. The van der Waals surface area contributed by atoms with Crippen molar-refractivity contribution in [3.63, 3.8) is 0 Å². The lowest BCUT2D eigenvalue weighted by Crippen LogP contribution is -2.15. The highest BCUT2D eigenvalue weighted by molar-refractivity contribution is 5.07. The van der Waals surface area contributed by atoms with Crippen molar-refractivity contribution < 1.29 is 13.2 Å². The molecule has 1 aromatic rings. The second-order valence-electron chi connectivity index (χ2n) is 4.86. The molecule has 0 saturated carbocycles. The maximum absolute atomic E-state index is 12.3. The molecule has 86 valence electrons. The van der Waals surface area contributed by atoms with Crippen LogP contribution >= 0.6 is 0 Å². The molecule has 0 bridgehead atoms. The van der Waals surface area contributed by atoms with E-state index in [1.807, 2.05) is 20.8 Å². The zero-order valence-corrected chi connectivity index (χ0v) is 9.31. The number of hydrogen-bond donors (Lipinski definition) is 0. The van der Waals surface area contributed by atoms with Crippen LogP contribution in [0.4, 0.5) is 13.2 Å². The normalized spacial score (nSPS) is 13.3. The molecule has 15 heavy (non-hydrogen) atoms. The fourth-order valence-electron chi connectivity index (χ4n) is 1.32. The van der Waals surface area contributed by atoms with Gasteiger partial charge in [0.15, 0.2) is 5.69 Å². The fraction of sp³-hybridized carbons (Fsp3) is 0.700. The van der Waals surface area contributed by atoms with Crippen LogP contribution in [-0.4, -0.2) is 9.55 Å². The van der Waals surface area contributed by atoms with Crippen LogP contribution in [0.3, 0.4) is 0 Å². The highest BCUT2D eigenvalue weighted by Crippen LogP contribution is 2.29. The van der Waals surface area contributed by atoms with Crippen molar-refractivity contribution in [3.8, 4) is 0 Å². The molecule has 0 amide bonds. The number of nitrogens with zero attached hydrogens (tertiary/aromatic N) is 2. The fourth-order valence-corrected chi connectivity index (χ4v) is 1.32. The molecule has 0 atom stereocenters. The first-order chi connectivity index (χ1) is 6.59. The van der Waals surface area contributed by atoms with Crippen LogP contribution < -0.4 is 0 Å². The summed E-state index contributed by atoms with van der Waals surface area (Å²) in [4.78, 5) is 3.50. The van der Waals surface area contributed by atoms with Crippen LogP contribution in [0.2, 0.25) is 0 Å². The highest BCUT2D eigenvalue weighted by Gasteiger charge is 2.34. The Bertz CT molecular complexity index is 345. The zero-order chi connectivity index (χ0) is 11.9. The van der Waals surface area contributed by atoms with Crippen LogP contribution in [-0.2, 0) is 12.7 Å². The predicted molar refractivity (Wildman–Crippen MR) is 51.4 cm³/mol. The van der Waals surface area contributed by atoms with Crippen LogP contribution in [0.15, 0.2) is 6.20 Å². The van der Waals surface area contributed by atoms with Crippen LogP contribution in [0.25, 0.3) is 0 Å². The number of aromatic nitrogens is 2. The highest BCUT2D eigenvalue weighted by atomic mass is 19.4. The van der Waals surface area contributed by atoms with Crippen LogP contribution in [0.1, 0.15) is 32.3 Å². The van der Waals surface area contributed by atoms with E-state index in [0.717, 1.165) is 6.20 Å². The summed E-state index contributed by atoms with van der Waals surface area (Å²) in [5.41, 5.74) is -0.877. The molecule has 5 heteroatoms. The van der Waals surface area contributed by atoms with Gasteiger partial charge in [-0.15, -0.1) is 0 Å². The summed E-state index contributed by atoms with van der Waals surface area (Å²) in [5.74, 6) is 0.400. The molecular formula is C10H15F3N2. The molecule has 1 heterocycles.